The zero-order valence-corrected chi connectivity index (χ0v) is 20.9. The molecule has 0 atom stereocenters. The number of halogens is 2. The Morgan fingerprint density at radius 1 is 0.406 bits per heavy atom. The Hall–Kier alpha value is -2.16. The van der Waals surface area contributed by atoms with Crippen LogP contribution < -0.4 is 0 Å². The van der Waals surface area contributed by atoms with Gasteiger partial charge in [-0.2, -0.15) is 0 Å². The molecular formula is C30H22Br2. The van der Waals surface area contributed by atoms with Gasteiger partial charge in [-0.25, -0.2) is 0 Å². The first kappa shape index (κ1) is 19.3. The van der Waals surface area contributed by atoms with E-state index in [-0.39, 0.29) is 0 Å². The zero-order valence-electron chi connectivity index (χ0n) is 17.8. The van der Waals surface area contributed by atoms with Crippen molar-refractivity contribution in [2.45, 2.75) is 38.5 Å². The van der Waals surface area contributed by atoms with E-state index in [4.69, 9.17) is 0 Å². The molecule has 0 aliphatic heterocycles. The summed E-state index contributed by atoms with van der Waals surface area (Å²) in [5, 5.41) is 0. The Labute approximate surface area is 206 Å². The summed E-state index contributed by atoms with van der Waals surface area (Å²) in [6.45, 7) is 0. The third-order valence-corrected chi connectivity index (χ3v) is 8.51. The fourth-order valence-electron chi connectivity index (χ4n) is 6.37. The molecule has 0 spiro atoms. The number of hydrogen-bond donors (Lipinski definition) is 0. The highest BCUT2D eigenvalue weighted by atomic mass is 79.9. The van der Waals surface area contributed by atoms with E-state index in [0.717, 1.165) is 12.8 Å². The van der Waals surface area contributed by atoms with Crippen LogP contribution in [0, 0.1) is 0 Å². The number of hydrogen-bond acceptors (Lipinski definition) is 0. The summed E-state index contributed by atoms with van der Waals surface area (Å²) in [5.74, 6) is 0. The van der Waals surface area contributed by atoms with Gasteiger partial charge in [0.05, 0.1) is 0 Å². The van der Waals surface area contributed by atoms with Crippen LogP contribution in [0.25, 0.3) is 22.3 Å². The second-order valence-corrected chi connectivity index (χ2v) is 11.3. The van der Waals surface area contributed by atoms with Crippen LogP contribution in [0.4, 0.5) is 0 Å². The maximum absolute atomic E-state index is 3.62. The van der Waals surface area contributed by atoms with Crippen LogP contribution >= 0.6 is 31.9 Å². The van der Waals surface area contributed by atoms with Gasteiger partial charge in [-0.3, -0.25) is 0 Å². The maximum atomic E-state index is 3.62. The second kappa shape index (κ2) is 7.17. The summed E-state index contributed by atoms with van der Waals surface area (Å²) in [6.07, 6.45) is 7.02. The summed E-state index contributed by atoms with van der Waals surface area (Å²) in [5.41, 5.74) is 18.4. The molecule has 0 amide bonds. The Morgan fingerprint density at radius 3 is 1.22 bits per heavy atom. The summed E-state index contributed by atoms with van der Waals surface area (Å²) in [4.78, 5) is 0. The largest absolute Gasteiger partial charge is 0.0617 e. The van der Waals surface area contributed by atoms with Crippen molar-refractivity contribution in [2.75, 3.05) is 0 Å². The van der Waals surface area contributed by atoms with Gasteiger partial charge in [0, 0.05) is 8.95 Å². The SMILES string of the molecule is Brc1cc2c3c(c1)Cc1cccc(c1-3)CC2.Brc1cc2c3c(c1)Cc1cccc(c1-3)CC2. The maximum Gasteiger partial charge on any atom is 0.0181 e. The molecule has 4 aromatic carbocycles. The molecular weight excluding hydrogens is 520 g/mol. The van der Waals surface area contributed by atoms with Crippen LogP contribution in [0.1, 0.15) is 44.5 Å². The van der Waals surface area contributed by atoms with Crippen molar-refractivity contribution in [3.8, 4) is 22.3 Å². The molecule has 0 bridgehead atoms. The molecule has 4 aliphatic carbocycles. The minimum absolute atomic E-state index is 1.12. The lowest BCUT2D eigenvalue weighted by atomic mass is 9.86. The summed E-state index contributed by atoms with van der Waals surface area (Å²) in [6, 6.07) is 22.7. The van der Waals surface area contributed by atoms with Gasteiger partial charge in [-0.15, -0.1) is 0 Å². The first-order chi connectivity index (χ1) is 15.7. The average molecular weight is 542 g/mol. The molecule has 0 heterocycles. The topological polar surface area (TPSA) is 0 Å². The first-order valence-corrected chi connectivity index (χ1v) is 13.1. The Morgan fingerprint density at radius 2 is 0.750 bits per heavy atom. The van der Waals surface area contributed by atoms with Crippen molar-refractivity contribution in [2.24, 2.45) is 0 Å². The monoisotopic (exact) mass is 540 g/mol. The van der Waals surface area contributed by atoms with Crippen LogP contribution in [0.3, 0.4) is 0 Å². The van der Waals surface area contributed by atoms with E-state index in [1.165, 1.54) is 68.0 Å². The van der Waals surface area contributed by atoms with E-state index < -0.39 is 0 Å². The molecule has 4 aromatic rings. The van der Waals surface area contributed by atoms with Crippen molar-refractivity contribution in [3.63, 3.8) is 0 Å². The lowest BCUT2D eigenvalue weighted by Gasteiger charge is -2.19. The molecule has 32 heavy (non-hydrogen) atoms. The van der Waals surface area contributed by atoms with Crippen molar-refractivity contribution in [3.05, 3.63) is 114 Å². The highest BCUT2D eigenvalue weighted by Gasteiger charge is 2.28. The van der Waals surface area contributed by atoms with Crippen LogP contribution in [-0.4, -0.2) is 0 Å². The van der Waals surface area contributed by atoms with Crippen molar-refractivity contribution >= 4 is 31.9 Å². The summed E-state index contributed by atoms with van der Waals surface area (Å²) >= 11 is 7.24. The second-order valence-electron chi connectivity index (χ2n) is 9.45. The predicted octanol–water partition coefficient (Wildman–Crippen LogP) is 8.24. The number of aryl methyl sites for hydroxylation is 4. The van der Waals surface area contributed by atoms with Crippen LogP contribution in [0.15, 0.2) is 69.6 Å². The van der Waals surface area contributed by atoms with E-state index in [1.807, 2.05) is 0 Å². The fraction of sp³-hybridized carbons (Fsp3) is 0.200. The number of rotatable bonds is 0. The van der Waals surface area contributed by atoms with E-state index in [0.29, 0.717) is 0 Å². The van der Waals surface area contributed by atoms with Crippen molar-refractivity contribution in [1.29, 1.82) is 0 Å². The Kier molecular flexibility index (Phi) is 4.33. The van der Waals surface area contributed by atoms with Gasteiger partial charge in [0.2, 0.25) is 0 Å². The molecule has 0 saturated carbocycles. The smallest absolute Gasteiger partial charge is 0.0181 e. The molecule has 8 rings (SSSR count). The molecule has 2 heteroatoms. The van der Waals surface area contributed by atoms with Gasteiger partial charge in [0.15, 0.2) is 0 Å². The minimum Gasteiger partial charge on any atom is -0.0617 e. The van der Waals surface area contributed by atoms with Crippen molar-refractivity contribution < 1.29 is 0 Å². The highest BCUT2D eigenvalue weighted by Crippen LogP contribution is 2.46. The predicted molar refractivity (Wildman–Crippen MR) is 140 cm³/mol. The van der Waals surface area contributed by atoms with Crippen LogP contribution in [0.2, 0.25) is 0 Å². The molecule has 4 aliphatic rings. The van der Waals surface area contributed by atoms with Gasteiger partial charge in [-0.05, 0) is 130 Å². The molecule has 0 aromatic heterocycles. The van der Waals surface area contributed by atoms with E-state index in [9.17, 15) is 0 Å². The third-order valence-electron chi connectivity index (χ3n) is 7.60. The molecule has 0 nitrogen and oxygen atoms in total. The fourth-order valence-corrected chi connectivity index (χ4v) is 7.48. The molecule has 156 valence electrons. The summed E-state index contributed by atoms with van der Waals surface area (Å²) < 4.78 is 2.47. The van der Waals surface area contributed by atoms with E-state index >= 15 is 0 Å². The van der Waals surface area contributed by atoms with Crippen molar-refractivity contribution in [1.82, 2.24) is 0 Å². The standard InChI is InChI=1S/2C15H11Br/c2*16-13-7-11-5-4-9-2-1-3-10-6-12(8-13)15(11)14(9)10/h2*1-3,7-8H,4-6H2. The zero-order chi connectivity index (χ0) is 21.4. The lowest BCUT2D eigenvalue weighted by molar-refractivity contribution is 0.942. The first-order valence-electron chi connectivity index (χ1n) is 11.5. The van der Waals surface area contributed by atoms with E-state index in [2.05, 4.69) is 92.5 Å². The number of benzene rings is 4. The molecule has 0 N–H and O–H groups in total. The van der Waals surface area contributed by atoms with Gasteiger partial charge < -0.3 is 0 Å². The van der Waals surface area contributed by atoms with Crippen LogP contribution in [-0.2, 0) is 38.5 Å². The minimum atomic E-state index is 1.12. The van der Waals surface area contributed by atoms with Gasteiger partial charge in [0.25, 0.3) is 0 Å². The molecule has 0 unspecified atom stereocenters. The highest BCUT2D eigenvalue weighted by molar-refractivity contribution is 9.10. The van der Waals surface area contributed by atoms with Crippen LogP contribution in [0.5, 0.6) is 0 Å². The van der Waals surface area contributed by atoms with Gasteiger partial charge in [-0.1, -0.05) is 68.3 Å². The molecule has 0 saturated heterocycles. The molecule has 0 fully saturated rings. The normalized spacial score (nSPS) is 15.1. The molecule has 0 radical (unpaired) electrons. The Bertz CT molecular complexity index is 1330. The average Bonchev–Trinajstić information content (AvgIpc) is 3.35. The van der Waals surface area contributed by atoms with Gasteiger partial charge >= 0.3 is 0 Å². The Balaban J connectivity index is 0.000000113. The van der Waals surface area contributed by atoms with E-state index in [1.54, 1.807) is 33.4 Å². The van der Waals surface area contributed by atoms with Gasteiger partial charge in [0.1, 0.15) is 0 Å². The lowest BCUT2D eigenvalue weighted by Crippen LogP contribution is -2.03. The third kappa shape index (κ3) is 2.85. The quantitative estimate of drug-likeness (QED) is 0.181. The summed E-state index contributed by atoms with van der Waals surface area (Å²) in [7, 11) is 0.